The molecule has 0 saturated carbocycles. The number of nitrogens with zero attached hydrogens (tertiary/aromatic N) is 3. The Kier molecular flexibility index (Phi) is 5.78. The average molecular weight is 432 g/mol. The van der Waals surface area contributed by atoms with Crippen molar-refractivity contribution in [2.24, 2.45) is 0 Å². The molecule has 0 atom stereocenters. The summed E-state index contributed by atoms with van der Waals surface area (Å²) in [4.78, 5) is 28.4. The van der Waals surface area contributed by atoms with Crippen molar-refractivity contribution in [2.75, 3.05) is 5.01 Å². The second-order valence-corrected chi connectivity index (χ2v) is 8.78. The van der Waals surface area contributed by atoms with Gasteiger partial charge >= 0.3 is 0 Å². The molecule has 1 aliphatic rings. The molecule has 0 aliphatic carbocycles. The number of carbonyl (C=O) groups is 1. The molecule has 0 radical (unpaired) electrons. The molecule has 166 valence electrons. The molecule has 3 aromatic rings. The van der Waals surface area contributed by atoms with E-state index >= 15 is 0 Å². The lowest BCUT2D eigenvalue weighted by atomic mass is 10.0. The van der Waals surface area contributed by atoms with E-state index in [4.69, 9.17) is 4.74 Å². The number of rotatable bonds is 6. The zero-order valence-corrected chi connectivity index (χ0v) is 19.0. The van der Waals surface area contributed by atoms with Crippen LogP contribution in [0.1, 0.15) is 49.3 Å². The molecule has 0 spiro atoms. The SMILES string of the molecule is CC(C)N1C(=O)c2c(OCc3ccccc3)c(=O)ccn2N(Cc2ccccc2)C1(C)C. The van der Waals surface area contributed by atoms with E-state index in [1.54, 1.807) is 10.9 Å². The molecule has 4 rings (SSSR count). The lowest BCUT2D eigenvalue weighted by molar-refractivity contribution is 0.0243. The molecule has 0 bridgehead atoms. The number of fused-ring (bicyclic) bond motifs is 1. The van der Waals surface area contributed by atoms with Gasteiger partial charge in [0.05, 0.1) is 6.54 Å². The number of hydrogen-bond donors (Lipinski definition) is 0. The summed E-state index contributed by atoms with van der Waals surface area (Å²) in [7, 11) is 0. The molecule has 0 N–H and O–H groups in total. The Bertz CT molecular complexity index is 1150. The van der Waals surface area contributed by atoms with Crippen LogP contribution in [0.25, 0.3) is 0 Å². The molecule has 6 nitrogen and oxygen atoms in total. The number of ether oxygens (including phenoxy) is 1. The highest BCUT2D eigenvalue weighted by Gasteiger charge is 2.46. The summed E-state index contributed by atoms with van der Waals surface area (Å²) < 4.78 is 7.77. The summed E-state index contributed by atoms with van der Waals surface area (Å²) >= 11 is 0. The van der Waals surface area contributed by atoms with Gasteiger partial charge in [-0.2, -0.15) is 0 Å². The van der Waals surface area contributed by atoms with Crippen LogP contribution in [0, 0.1) is 0 Å². The topological polar surface area (TPSA) is 54.8 Å². The highest BCUT2D eigenvalue weighted by Crippen LogP contribution is 2.33. The maximum Gasteiger partial charge on any atom is 0.278 e. The zero-order chi connectivity index (χ0) is 22.9. The Morgan fingerprint density at radius 3 is 2.06 bits per heavy atom. The van der Waals surface area contributed by atoms with Crippen molar-refractivity contribution in [1.82, 2.24) is 9.58 Å². The molecule has 0 saturated heterocycles. The van der Waals surface area contributed by atoms with E-state index in [1.165, 1.54) is 6.07 Å². The molecule has 1 aliphatic heterocycles. The fourth-order valence-corrected chi connectivity index (χ4v) is 4.42. The van der Waals surface area contributed by atoms with Gasteiger partial charge in [-0.05, 0) is 38.8 Å². The first kappa shape index (κ1) is 21.7. The van der Waals surface area contributed by atoms with Crippen LogP contribution in [0.15, 0.2) is 77.7 Å². The van der Waals surface area contributed by atoms with Crippen LogP contribution in [0.5, 0.6) is 5.75 Å². The Balaban J connectivity index is 1.83. The van der Waals surface area contributed by atoms with Crippen molar-refractivity contribution in [2.45, 2.75) is 52.6 Å². The number of amides is 1. The van der Waals surface area contributed by atoms with Gasteiger partial charge in [-0.25, -0.2) is 0 Å². The van der Waals surface area contributed by atoms with Crippen LogP contribution in [0.4, 0.5) is 0 Å². The van der Waals surface area contributed by atoms with Crippen molar-refractivity contribution < 1.29 is 9.53 Å². The monoisotopic (exact) mass is 431 g/mol. The van der Waals surface area contributed by atoms with Crippen LogP contribution in [0.3, 0.4) is 0 Å². The average Bonchev–Trinajstić information content (AvgIpc) is 2.77. The maximum absolute atomic E-state index is 13.7. The Morgan fingerprint density at radius 1 is 0.875 bits per heavy atom. The number of carbonyl (C=O) groups excluding carboxylic acids is 1. The van der Waals surface area contributed by atoms with Crippen molar-refractivity contribution in [3.05, 3.63) is 100.0 Å². The standard InChI is InChI=1S/C26H29N3O3/c1-19(2)29-25(31)23-24(32-18-21-13-9-6-10-14-21)22(30)15-16-27(23)28(26(29,3)4)17-20-11-7-5-8-12-20/h5-16,19H,17-18H2,1-4H3. The van der Waals surface area contributed by atoms with Gasteiger partial charge in [-0.3, -0.25) is 19.3 Å². The van der Waals surface area contributed by atoms with Gasteiger partial charge in [0.2, 0.25) is 5.43 Å². The third-order valence-electron chi connectivity index (χ3n) is 5.86. The molecule has 2 heterocycles. The number of pyridine rings is 1. The van der Waals surface area contributed by atoms with Crippen molar-refractivity contribution in [1.29, 1.82) is 0 Å². The maximum atomic E-state index is 13.7. The minimum absolute atomic E-state index is 0.0678. The van der Waals surface area contributed by atoms with E-state index in [0.29, 0.717) is 6.54 Å². The number of aromatic nitrogens is 1. The first-order valence-electron chi connectivity index (χ1n) is 10.9. The van der Waals surface area contributed by atoms with Crippen molar-refractivity contribution in [3.63, 3.8) is 0 Å². The predicted octanol–water partition coefficient (Wildman–Crippen LogP) is 4.17. The fraction of sp³-hybridized carbons (Fsp3) is 0.308. The lowest BCUT2D eigenvalue weighted by Crippen LogP contribution is -2.68. The van der Waals surface area contributed by atoms with E-state index in [1.807, 2.05) is 81.1 Å². The second kappa shape index (κ2) is 8.54. The largest absolute Gasteiger partial charge is 0.482 e. The number of hydrogen-bond acceptors (Lipinski definition) is 4. The van der Waals surface area contributed by atoms with Crippen molar-refractivity contribution in [3.8, 4) is 5.75 Å². The molecule has 6 heteroatoms. The van der Waals surface area contributed by atoms with Gasteiger partial charge in [0.25, 0.3) is 5.91 Å². The first-order valence-corrected chi connectivity index (χ1v) is 10.9. The van der Waals surface area contributed by atoms with Crippen LogP contribution in [-0.4, -0.2) is 27.2 Å². The highest BCUT2D eigenvalue weighted by atomic mass is 16.5. The lowest BCUT2D eigenvalue weighted by Gasteiger charge is -2.54. The van der Waals surface area contributed by atoms with E-state index < -0.39 is 5.66 Å². The smallest absolute Gasteiger partial charge is 0.278 e. The van der Waals surface area contributed by atoms with Gasteiger partial charge in [-0.1, -0.05) is 60.7 Å². The van der Waals surface area contributed by atoms with E-state index in [9.17, 15) is 9.59 Å². The molecule has 32 heavy (non-hydrogen) atoms. The molecule has 0 fully saturated rings. The second-order valence-electron chi connectivity index (χ2n) is 8.78. The molecular formula is C26H29N3O3. The summed E-state index contributed by atoms with van der Waals surface area (Å²) in [6, 6.07) is 21.1. The molecule has 1 amide bonds. The predicted molar refractivity (Wildman–Crippen MR) is 125 cm³/mol. The quantitative estimate of drug-likeness (QED) is 0.588. The van der Waals surface area contributed by atoms with Gasteiger partial charge in [-0.15, -0.1) is 0 Å². The highest BCUT2D eigenvalue weighted by molar-refractivity contribution is 5.97. The Hall–Kier alpha value is -3.54. The first-order chi connectivity index (χ1) is 15.3. The fourth-order valence-electron chi connectivity index (χ4n) is 4.42. The summed E-state index contributed by atoms with van der Waals surface area (Å²) in [6.07, 6.45) is 1.67. The third kappa shape index (κ3) is 3.88. The number of benzene rings is 2. The third-order valence-corrected chi connectivity index (χ3v) is 5.86. The van der Waals surface area contributed by atoms with Gasteiger partial charge in [0, 0.05) is 18.3 Å². The van der Waals surface area contributed by atoms with Crippen molar-refractivity contribution >= 4 is 5.91 Å². The Morgan fingerprint density at radius 2 is 1.47 bits per heavy atom. The normalized spacial score (nSPS) is 15.1. The summed E-state index contributed by atoms with van der Waals surface area (Å²) in [5.41, 5.74) is 1.37. The van der Waals surface area contributed by atoms with E-state index in [0.717, 1.165) is 11.1 Å². The minimum Gasteiger partial charge on any atom is -0.482 e. The van der Waals surface area contributed by atoms with Gasteiger partial charge in [0.15, 0.2) is 11.4 Å². The van der Waals surface area contributed by atoms with Crippen LogP contribution < -0.4 is 15.2 Å². The van der Waals surface area contributed by atoms with Crippen LogP contribution in [0.2, 0.25) is 0 Å². The van der Waals surface area contributed by atoms with E-state index in [2.05, 4.69) is 17.1 Å². The summed E-state index contributed by atoms with van der Waals surface area (Å²) in [5, 5.41) is 2.11. The summed E-state index contributed by atoms with van der Waals surface area (Å²) in [6.45, 7) is 8.81. The summed E-state index contributed by atoms with van der Waals surface area (Å²) in [5.74, 6) is -0.129. The zero-order valence-electron chi connectivity index (χ0n) is 19.0. The van der Waals surface area contributed by atoms with E-state index in [-0.39, 0.29) is 35.4 Å². The molecule has 1 aromatic heterocycles. The molecule has 2 aromatic carbocycles. The minimum atomic E-state index is -0.625. The molecular weight excluding hydrogens is 402 g/mol. The van der Waals surface area contributed by atoms with Gasteiger partial charge < -0.3 is 9.64 Å². The van der Waals surface area contributed by atoms with Gasteiger partial charge in [0.1, 0.15) is 12.3 Å². The van der Waals surface area contributed by atoms with Crippen LogP contribution >= 0.6 is 0 Å². The van der Waals surface area contributed by atoms with Crippen LogP contribution in [-0.2, 0) is 13.2 Å². The Labute approximate surface area is 188 Å². The molecule has 0 unspecified atom stereocenters.